The zero-order valence-corrected chi connectivity index (χ0v) is 12.5. The molecule has 0 unspecified atom stereocenters. The zero-order valence-electron chi connectivity index (χ0n) is 11.7. The number of fused-ring (bicyclic) bond motifs is 1. The summed E-state index contributed by atoms with van der Waals surface area (Å²) >= 11 is 1.35. The van der Waals surface area contributed by atoms with Gasteiger partial charge < -0.3 is 5.73 Å². The molecule has 2 N–H and O–H groups in total. The first-order valence-electron chi connectivity index (χ1n) is 6.99. The second-order valence-electron chi connectivity index (χ2n) is 5.04. The second-order valence-corrected chi connectivity index (χ2v) is 5.79. The fourth-order valence-corrected chi connectivity index (χ4v) is 3.30. The van der Waals surface area contributed by atoms with Gasteiger partial charge in [-0.2, -0.15) is 4.37 Å². The van der Waals surface area contributed by atoms with Gasteiger partial charge >= 0.3 is 0 Å². The summed E-state index contributed by atoms with van der Waals surface area (Å²) < 4.78 is 4.27. The van der Waals surface area contributed by atoms with E-state index in [9.17, 15) is 0 Å². The topological polar surface area (TPSA) is 51.8 Å². The zero-order chi connectivity index (χ0) is 14.9. The number of aromatic nitrogens is 2. The summed E-state index contributed by atoms with van der Waals surface area (Å²) in [6.07, 6.45) is 0. The molecule has 2 heterocycles. The molecule has 4 heteroatoms. The van der Waals surface area contributed by atoms with Crippen LogP contribution in [0.5, 0.6) is 0 Å². The molecule has 0 spiro atoms. The maximum atomic E-state index is 6.06. The Morgan fingerprint density at radius 2 is 1.45 bits per heavy atom. The maximum Gasteiger partial charge on any atom is 0.147 e. The third kappa shape index (κ3) is 2.14. The highest BCUT2D eigenvalue weighted by Gasteiger charge is 2.14. The van der Waals surface area contributed by atoms with Gasteiger partial charge in [-0.25, -0.2) is 4.98 Å². The van der Waals surface area contributed by atoms with E-state index in [-0.39, 0.29) is 0 Å². The molecule has 2 aromatic heterocycles. The smallest absolute Gasteiger partial charge is 0.147 e. The van der Waals surface area contributed by atoms with Gasteiger partial charge in [0.1, 0.15) is 10.6 Å². The molecule has 4 aromatic rings. The fraction of sp³-hybridized carbons (Fsp3) is 0. The van der Waals surface area contributed by atoms with Crippen LogP contribution in [0.25, 0.3) is 32.6 Å². The highest BCUT2D eigenvalue weighted by Crippen LogP contribution is 2.36. The predicted molar refractivity (Wildman–Crippen MR) is 92.7 cm³/mol. The summed E-state index contributed by atoms with van der Waals surface area (Å²) in [6, 6.07) is 22.5. The number of hydrogen-bond donors (Lipinski definition) is 1. The number of anilines is 1. The first-order valence-corrected chi connectivity index (χ1v) is 7.77. The minimum atomic E-state index is 0.547. The number of hydrogen-bond acceptors (Lipinski definition) is 4. The summed E-state index contributed by atoms with van der Waals surface area (Å²) in [4.78, 5) is 5.60. The van der Waals surface area contributed by atoms with Crippen LogP contribution in [0.4, 0.5) is 5.82 Å². The molecular weight excluding hydrogens is 290 g/mol. The van der Waals surface area contributed by atoms with E-state index < -0.39 is 0 Å². The van der Waals surface area contributed by atoms with Gasteiger partial charge in [-0.1, -0.05) is 60.7 Å². The summed E-state index contributed by atoms with van der Waals surface area (Å²) in [7, 11) is 0. The average molecular weight is 303 g/mol. The fourth-order valence-electron chi connectivity index (χ4n) is 2.58. The molecule has 4 rings (SSSR count). The van der Waals surface area contributed by atoms with Crippen molar-refractivity contribution in [1.82, 2.24) is 9.36 Å². The molecule has 0 aliphatic carbocycles. The Kier molecular flexibility index (Phi) is 3.09. The average Bonchev–Trinajstić information content (AvgIpc) is 2.97. The van der Waals surface area contributed by atoms with E-state index in [0.717, 1.165) is 32.6 Å². The van der Waals surface area contributed by atoms with E-state index in [0.29, 0.717) is 5.82 Å². The summed E-state index contributed by atoms with van der Waals surface area (Å²) in [6.45, 7) is 0. The third-order valence-electron chi connectivity index (χ3n) is 3.63. The monoisotopic (exact) mass is 303 g/mol. The summed E-state index contributed by atoms with van der Waals surface area (Å²) in [5.74, 6) is 0.547. The van der Waals surface area contributed by atoms with E-state index in [1.807, 2.05) is 36.4 Å². The van der Waals surface area contributed by atoms with Crippen LogP contribution in [-0.2, 0) is 0 Å². The van der Waals surface area contributed by atoms with Crippen molar-refractivity contribution >= 4 is 27.6 Å². The van der Waals surface area contributed by atoms with Gasteiger partial charge in [0, 0.05) is 5.56 Å². The van der Waals surface area contributed by atoms with Crippen LogP contribution in [-0.4, -0.2) is 9.36 Å². The Hall–Kier alpha value is -2.72. The van der Waals surface area contributed by atoms with E-state index in [2.05, 4.69) is 34.7 Å². The Bertz CT molecular complexity index is 931. The minimum absolute atomic E-state index is 0.547. The third-order valence-corrected chi connectivity index (χ3v) is 4.38. The Morgan fingerprint density at radius 1 is 0.818 bits per heavy atom. The van der Waals surface area contributed by atoms with Gasteiger partial charge in [0.2, 0.25) is 0 Å². The van der Waals surface area contributed by atoms with Crippen LogP contribution >= 0.6 is 11.5 Å². The van der Waals surface area contributed by atoms with Gasteiger partial charge in [-0.15, -0.1) is 0 Å². The van der Waals surface area contributed by atoms with Crippen molar-refractivity contribution < 1.29 is 0 Å². The number of pyridine rings is 1. The quantitative estimate of drug-likeness (QED) is 0.588. The van der Waals surface area contributed by atoms with Crippen molar-refractivity contribution in [2.75, 3.05) is 5.73 Å². The normalized spacial score (nSPS) is 10.9. The van der Waals surface area contributed by atoms with Gasteiger partial charge in [-0.3, -0.25) is 0 Å². The summed E-state index contributed by atoms with van der Waals surface area (Å²) in [5, 5.41) is 0.941. The molecule has 0 atom stereocenters. The molecule has 3 nitrogen and oxygen atoms in total. The first-order chi connectivity index (χ1) is 10.8. The molecule has 0 bridgehead atoms. The Morgan fingerprint density at radius 3 is 2.14 bits per heavy atom. The molecular formula is C18H13N3S. The van der Waals surface area contributed by atoms with E-state index in [1.165, 1.54) is 11.5 Å². The number of benzene rings is 2. The van der Waals surface area contributed by atoms with Gasteiger partial charge in [0.15, 0.2) is 0 Å². The van der Waals surface area contributed by atoms with E-state index in [1.54, 1.807) is 0 Å². The van der Waals surface area contributed by atoms with Gasteiger partial charge in [0.05, 0.1) is 11.1 Å². The number of rotatable bonds is 2. The lowest BCUT2D eigenvalue weighted by atomic mass is 10.0. The van der Waals surface area contributed by atoms with Crippen LogP contribution in [0.1, 0.15) is 0 Å². The van der Waals surface area contributed by atoms with Crippen molar-refractivity contribution in [3.05, 3.63) is 66.7 Å². The molecule has 0 saturated heterocycles. The highest BCUT2D eigenvalue weighted by molar-refractivity contribution is 7.13. The minimum Gasteiger partial charge on any atom is -0.382 e. The van der Waals surface area contributed by atoms with Crippen LogP contribution in [0.2, 0.25) is 0 Å². The number of nitrogens with zero attached hydrogens (tertiary/aromatic N) is 2. The lowest BCUT2D eigenvalue weighted by molar-refractivity contribution is 1.42. The molecule has 0 aliphatic heterocycles. The van der Waals surface area contributed by atoms with E-state index >= 15 is 0 Å². The SMILES string of the molecule is Nc1nsc2nc(-c3ccccc3)cc(-c3ccccc3)c12. The van der Waals surface area contributed by atoms with E-state index in [4.69, 9.17) is 10.7 Å². The Labute approximate surface area is 132 Å². The lowest BCUT2D eigenvalue weighted by Gasteiger charge is -2.08. The van der Waals surface area contributed by atoms with Crippen molar-refractivity contribution in [1.29, 1.82) is 0 Å². The first kappa shape index (κ1) is 13.0. The molecule has 106 valence electrons. The van der Waals surface area contributed by atoms with Gasteiger partial charge in [-0.05, 0) is 28.7 Å². The molecule has 2 aromatic carbocycles. The van der Waals surface area contributed by atoms with Gasteiger partial charge in [0.25, 0.3) is 0 Å². The molecule has 0 fully saturated rings. The predicted octanol–water partition coefficient (Wildman–Crippen LogP) is 4.61. The molecule has 0 amide bonds. The van der Waals surface area contributed by atoms with Crippen LogP contribution in [0, 0.1) is 0 Å². The Balaban J connectivity index is 2.03. The standard InChI is InChI=1S/C18H13N3S/c19-17-16-14(12-7-3-1-4-8-12)11-15(20-18(16)22-21-17)13-9-5-2-6-10-13/h1-11H,(H2,19,21). The van der Waals surface area contributed by atoms with Crippen molar-refractivity contribution in [2.24, 2.45) is 0 Å². The molecule has 22 heavy (non-hydrogen) atoms. The van der Waals surface area contributed by atoms with Crippen LogP contribution in [0.3, 0.4) is 0 Å². The summed E-state index contributed by atoms with van der Waals surface area (Å²) in [5.41, 5.74) is 10.3. The maximum absolute atomic E-state index is 6.06. The second kappa shape index (κ2) is 5.24. The van der Waals surface area contributed by atoms with Crippen LogP contribution < -0.4 is 5.73 Å². The largest absolute Gasteiger partial charge is 0.382 e. The highest BCUT2D eigenvalue weighted by atomic mass is 32.1. The number of nitrogens with two attached hydrogens (primary N) is 1. The molecule has 0 aliphatic rings. The molecule has 0 saturated carbocycles. The lowest BCUT2D eigenvalue weighted by Crippen LogP contribution is -1.90. The van der Waals surface area contributed by atoms with Crippen molar-refractivity contribution in [3.8, 4) is 22.4 Å². The molecule has 0 radical (unpaired) electrons. The van der Waals surface area contributed by atoms with Crippen molar-refractivity contribution in [2.45, 2.75) is 0 Å². The number of nitrogen functional groups attached to an aromatic ring is 1. The van der Waals surface area contributed by atoms with Crippen molar-refractivity contribution in [3.63, 3.8) is 0 Å². The van der Waals surface area contributed by atoms with Crippen LogP contribution in [0.15, 0.2) is 66.7 Å².